The third-order valence-corrected chi connectivity index (χ3v) is 6.21. The normalized spacial score (nSPS) is 22.4. The Morgan fingerprint density at radius 1 is 1.29 bits per heavy atom. The van der Waals surface area contributed by atoms with E-state index in [1.807, 2.05) is 24.4 Å². The molecule has 5 nitrogen and oxygen atoms in total. The van der Waals surface area contributed by atoms with E-state index in [0.717, 1.165) is 23.7 Å². The molecule has 0 unspecified atom stereocenters. The van der Waals surface area contributed by atoms with Gasteiger partial charge in [-0.25, -0.2) is 0 Å². The van der Waals surface area contributed by atoms with Gasteiger partial charge in [-0.15, -0.1) is 0 Å². The topological polar surface area (TPSA) is 61.0 Å². The number of aromatic nitrogens is 2. The molecule has 4 rings (SSSR count). The molecule has 0 radical (unpaired) electrons. The second-order valence-electron chi connectivity index (χ2n) is 8.40. The number of aromatic amines is 1. The molecule has 0 bridgehead atoms. The Labute approximate surface area is 166 Å². The summed E-state index contributed by atoms with van der Waals surface area (Å²) in [4.78, 5) is 15.0. The summed E-state index contributed by atoms with van der Waals surface area (Å²) in [6, 6.07) is 17.0. The van der Waals surface area contributed by atoms with E-state index in [9.17, 15) is 4.79 Å². The number of hydrogen-bond acceptors (Lipinski definition) is 3. The van der Waals surface area contributed by atoms with Crippen molar-refractivity contribution in [3.05, 3.63) is 65.9 Å². The molecule has 2 N–H and O–H groups in total. The van der Waals surface area contributed by atoms with Crippen molar-refractivity contribution in [2.45, 2.75) is 31.2 Å². The number of likely N-dealkylation sites (N-methyl/N-ethyl adjacent to an activating group) is 1. The number of benzene rings is 2. The maximum absolute atomic E-state index is 12.8. The van der Waals surface area contributed by atoms with Crippen LogP contribution in [0.4, 0.5) is 0 Å². The van der Waals surface area contributed by atoms with Crippen molar-refractivity contribution in [1.82, 2.24) is 20.4 Å². The summed E-state index contributed by atoms with van der Waals surface area (Å²) in [6.07, 6.45) is 3.66. The van der Waals surface area contributed by atoms with Gasteiger partial charge in [0, 0.05) is 29.3 Å². The molecule has 1 aromatic heterocycles. The van der Waals surface area contributed by atoms with Crippen molar-refractivity contribution in [3.8, 4) is 0 Å². The molecule has 1 heterocycles. The number of nitrogens with one attached hydrogen (secondary N) is 2. The third-order valence-electron chi connectivity index (χ3n) is 6.21. The Morgan fingerprint density at radius 2 is 2.07 bits per heavy atom. The lowest BCUT2D eigenvalue weighted by atomic mass is 9.95. The zero-order valence-corrected chi connectivity index (χ0v) is 16.8. The van der Waals surface area contributed by atoms with Crippen molar-refractivity contribution in [3.63, 3.8) is 0 Å². The van der Waals surface area contributed by atoms with Gasteiger partial charge < -0.3 is 10.2 Å². The largest absolute Gasteiger partial charge is 0.354 e. The number of H-pyrrole nitrogens is 1. The molecule has 0 saturated heterocycles. The minimum Gasteiger partial charge on any atom is -0.354 e. The predicted octanol–water partition coefficient (Wildman–Crippen LogP) is 3.13. The third kappa shape index (κ3) is 3.67. The number of amides is 1. The molecule has 1 amide bonds. The van der Waals surface area contributed by atoms with Crippen molar-refractivity contribution < 1.29 is 4.79 Å². The van der Waals surface area contributed by atoms with Crippen LogP contribution >= 0.6 is 0 Å². The summed E-state index contributed by atoms with van der Waals surface area (Å²) < 4.78 is 0. The van der Waals surface area contributed by atoms with Crippen LogP contribution in [-0.2, 0) is 16.6 Å². The number of carbonyl (C=O) groups excluding carboxylic acids is 1. The molecular weight excluding hydrogens is 348 g/mol. The number of carbonyl (C=O) groups is 1. The van der Waals surface area contributed by atoms with Gasteiger partial charge in [0.1, 0.15) is 0 Å². The molecule has 3 atom stereocenters. The summed E-state index contributed by atoms with van der Waals surface area (Å²) >= 11 is 0. The van der Waals surface area contributed by atoms with E-state index < -0.39 is 0 Å². The Bertz CT molecular complexity index is 965. The predicted molar refractivity (Wildman–Crippen MR) is 112 cm³/mol. The van der Waals surface area contributed by atoms with Gasteiger partial charge in [-0.05, 0) is 50.2 Å². The fourth-order valence-corrected chi connectivity index (χ4v) is 4.06. The van der Waals surface area contributed by atoms with Crippen LogP contribution < -0.4 is 5.32 Å². The SMILES string of the molecule is CN(C)[C@H](CNC(=O)[C@@H]1C[C@@]1(C)c1ccccc1)Cc1ccc2[nH]ncc2c1. The molecule has 1 aliphatic carbocycles. The van der Waals surface area contributed by atoms with E-state index in [4.69, 9.17) is 0 Å². The first-order valence-corrected chi connectivity index (χ1v) is 9.89. The quantitative estimate of drug-likeness (QED) is 0.666. The van der Waals surface area contributed by atoms with E-state index in [-0.39, 0.29) is 23.3 Å². The van der Waals surface area contributed by atoms with Crippen LogP contribution in [0.25, 0.3) is 10.9 Å². The summed E-state index contributed by atoms with van der Waals surface area (Å²) in [5.41, 5.74) is 3.54. The number of nitrogens with zero attached hydrogens (tertiary/aromatic N) is 2. The van der Waals surface area contributed by atoms with Crippen LogP contribution in [0.3, 0.4) is 0 Å². The van der Waals surface area contributed by atoms with Crippen LogP contribution in [0.1, 0.15) is 24.5 Å². The van der Waals surface area contributed by atoms with Crippen molar-refractivity contribution in [2.24, 2.45) is 5.92 Å². The number of fused-ring (bicyclic) bond motifs is 1. The highest BCUT2D eigenvalue weighted by molar-refractivity contribution is 5.84. The first kappa shape index (κ1) is 18.7. The average Bonchev–Trinajstić information content (AvgIpc) is 3.19. The first-order chi connectivity index (χ1) is 13.5. The Balaban J connectivity index is 1.37. The maximum atomic E-state index is 12.8. The summed E-state index contributed by atoms with van der Waals surface area (Å²) in [5, 5.41) is 11.4. The Hall–Kier alpha value is -2.66. The Morgan fingerprint density at radius 3 is 2.82 bits per heavy atom. The summed E-state index contributed by atoms with van der Waals surface area (Å²) in [6.45, 7) is 2.84. The lowest BCUT2D eigenvalue weighted by molar-refractivity contribution is -0.122. The molecule has 0 spiro atoms. The first-order valence-electron chi connectivity index (χ1n) is 9.89. The van der Waals surface area contributed by atoms with Crippen LogP contribution in [0.15, 0.2) is 54.7 Å². The highest BCUT2D eigenvalue weighted by atomic mass is 16.2. The van der Waals surface area contributed by atoms with Crippen LogP contribution in [-0.4, -0.2) is 47.7 Å². The van der Waals surface area contributed by atoms with E-state index in [0.29, 0.717) is 6.54 Å². The van der Waals surface area contributed by atoms with Gasteiger partial charge in [0.05, 0.1) is 11.7 Å². The molecule has 28 heavy (non-hydrogen) atoms. The van der Waals surface area contributed by atoms with Gasteiger partial charge in [0.2, 0.25) is 5.91 Å². The van der Waals surface area contributed by atoms with Crippen molar-refractivity contribution >= 4 is 16.8 Å². The zero-order chi connectivity index (χ0) is 19.7. The van der Waals surface area contributed by atoms with Crippen molar-refractivity contribution in [2.75, 3.05) is 20.6 Å². The van der Waals surface area contributed by atoms with E-state index in [2.05, 4.69) is 71.8 Å². The molecule has 1 fully saturated rings. The second kappa shape index (κ2) is 7.40. The molecule has 1 aliphatic rings. The Kier molecular flexibility index (Phi) is 4.94. The minimum atomic E-state index is -0.0225. The van der Waals surface area contributed by atoms with Crippen LogP contribution in [0, 0.1) is 5.92 Å². The minimum absolute atomic E-state index is 0.0225. The monoisotopic (exact) mass is 376 g/mol. The fourth-order valence-electron chi connectivity index (χ4n) is 4.06. The van der Waals surface area contributed by atoms with Gasteiger partial charge in [-0.3, -0.25) is 9.89 Å². The van der Waals surface area contributed by atoms with Gasteiger partial charge >= 0.3 is 0 Å². The average molecular weight is 377 g/mol. The van der Waals surface area contributed by atoms with Gasteiger partial charge in [-0.2, -0.15) is 5.10 Å². The van der Waals surface area contributed by atoms with E-state index in [1.165, 1.54) is 11.1 Å². The fraction of sp³-hybridized carbons (Fsp3) is 0.391. The molecule has 146 valence electrons. The number of rotatable bonds is 7. The molecule has 3 aromatic rings. The van der Waals surface area contributed by atoms with E-state index in [1.54, 1.807) is 0 Å². The molecule has 1 saturated carbocycles. The highest BCUT2D eigenvalue weighted by Crippen LogP contribution is 2.53. The van der Waals surface area contributed by atoms with Gasteiger partial charge in [-0.1, -0.05) is 43.3 Å². The van der Waals surface area contributed by atoms with Crippen LogP contribution in [0.2, 0.25) is 0 Å². The standard InChI is InChI=1S/C23H28N4O/c1-23(18-7-5-4-6-8-18)13-20(23)22(28)24-15-19(27(2)3)12-16-9-10-21-17(11-16)14-25-26-21/h4-11,14,19-20H,12-13,15H2,1-3H3,(H,24,28)(H,25,26)/t19-,20-,23-/m0/s1. The molecule has 5 heteroatoms. The number of hydrogen-bond donors (Lipinski definition) is 2. The lowest BCUT2D eigenvalue weighted by Crippen LogP contribution is -2.42. The molecule has 2 aromatic carbocycles. The van der Waals surface area contributed by atoms with Crippen molar-refractivity contribution in [1.29, 1.82) is 0 Å². The highest BCUT2D eigenvalue weighted by Gasteiger charge is 2.55. The van der Waals surface area contributed by atoms with Gasteiger partial charge in [0.15, 0.2) is 0 Å². The zero-order valence-electron chi connectivity index (χ0n) is 16.8. The summed E-state index contributed by atoms with van der Waals surface area (Å²) in [5.74, 6) is 0.239. The van der Waals surface area contributed by atoms with Gasteiger partial charge in [0.25, 0.3) is 0 Å². The summed E-state index contributed by atoms with van der Waals surface area (Å²) in [7, 11) is 4.14. The maximum Gasteiger partial charge on any atom is 0.224 e. The smallest absolute Gasteiger partial charge is 0.224 e. The molecular formula is C23H28N4O. The van der Waals surface area contributed by atoms with E-state index >= 15 is 0 Å². The molecule has 0 aliphatic heterocycles. The van der Waals surface area contributed by atoms with Crippen LogP contribution in [0.5, 0.6) is 0 Å². The second-order valence-corrected chi connectivity index (χ2v) is 8.40. The lowest BCUT2D eigenvalue weighted by Gasteiger charge is -2.25.